The average Bonchev–Trinajstić information content (AvgIpc) is 3.34. The van der Waals surface area contributed by atoms with Crippen LogP contribution in [0.25, 0.3) is 0 Å². The lowest BCUT2D eigenvalue weighted by molar-refractivity contribution is -0.135. The number of anilines is 1. The molecule has 0 aromatic heterocycles. The van der Waals surface area contributed by atoms with Gasteiger partial charge in [-0.3, -0.25) is 15.0 Å². The summed E-state index contributed by atoms with van der Waals surface area (Å²) >= 11 is 3.32. The number of hydrazine groups is 1. The fourth-order valence-electron chi connectivity index (χ4n) is 3.14. The Bertz CT molecular complexity index is 667. The monoisotopic (exact) mass is 408 g/mol. The van der Waals surface area contributed by atoms with Crippen molar-refractivity contribution in [3.8, 4) is 0 Å². The molecule has 25 heavy (non-hydrogen) atoms. The number of hydrogen-bond donors (Lipinski definition) is 4. The van der Waals surface area contributed by atoms with E-state index in [9.17, 15) is 14.4 Å². The van der Waals surface area contributed by atoms with Gasteiger partial charge in [-0.05, 0) is 50.1 Å². The highest BCUT2D eigenvalue weighted by Gasteiger charge is 2.48. The summed E-state index contributed by atoms with van der Waals surface area (Å²) in [4.78, 5) is 36.6. The van der Waals surface area contributed by atoms with E-state index in [1.807, 2.05) is 0 Å². The van der Waals surface area contributed by atoms with E-state index in [1.54, 1.807) is 24.3 Å². The normalized spacial score (nSPS) is 22.3. The molecule has 1 aromatic carbocycles. The van der Waals surface area contributed by atoms with Crippen molar-refractivity contribution in [2.45, 2.75) is 25.7 Å². The molecule has 1 saturated heterocycles. The molecule has 4 N–H and O–H groups in total. The van der Waals surface area contributed by atoms with E-state index < -0.39 is 11.4 Å². The van der Waals surface area contributed by atoms with Crippen molar-refractivity contribution in [2.75, 3.05) is 18.4 Å². The number of halogens is 1. The summed E-state index contributed by atoms with van der Waals surface area (Å²) in [6, 6.07) is 6.53. The molecule has 7 nitrogen and oxygen atoms in total. The fourth-order valence-corrected chi connectivity index (χ4v) is 3.41. The van der Waals surface area contributed by atoms with Gasteiger partial charge in [-0.25, -0.2) is 10.2 Å². The molecule has 0 spiro atoms. The lowest BCUT2D eigenvalue weighted by atomic mass is 9.77. The molecule has 8 heteroatoms. The summed E-state index contributed by atoms with van der Waals surface area (Å²) in [6.07, 6.45) is 2.61. The molecular formula is C17H21BrN4O3. The average molecular weight is 409 g/mol. The standard InChI is InChI=1S/C17H21BrN4O3/c18-12-3-5-13(6-4-12)20-16(25)22-21-14(23)9-17(7-8-19-10-17)15(24)11-1-2-11/h3-6,11,19H,1-2,7-10H2,(H,21,23)(H2,20,22,25)/t17-/m1/s1. The van der Waals surface area contributed by atoms with Gasteiger partial charge in [0.15, 0.2) is 0 Å². The van der Waals surface area contributed by atoms with E-state index in [1.165, 1.54) is 0 Å². The molecule has 0 unspecified atom stereocenters. The second-order valence-electron chi connectivity index (χ2n) is 6.66. The van der Waals surface area contributed by atoms with Crippen LogP contribution in [0.2, 0.25) is 0 Å². The lowest BCUT2D eigenvalue weighted by Gasteiger charge is -2.26. The lowest BCUT2D eigenvalue weighted by Crippen LogP contribution is -2.47. The zero-order valence-electron chi connectivity index (χ0n) is 13.7. The zero-order valence-corrected chi connectivity index (χ0v) is 15.3. The van der Waals surface area contributed by atoms with Gasteiger partial charge in [0.25, 0.3) is 0 Å². The molecule has 1 atom stereocenters. The highest BCUT2D eigenvalue weighted by Crippen LogP contribution is 2.41. The van der Waals surface area contributed by atoms with E-state index in [0.29, 0.717) is 18.7 Å². The molecule has 3 amide bonds. The Balaban J connectivity index is 1.49. The smallest absolute Gasteiger partial charge is 0.316 e. The van der Waals surface area contributed by atoms with Crippen LogP contribution in [0.3, 0.4) is 0 Å². The van der Waals surface area contributed by atoms with E-state index in [4.69, 9.17) is 0 Å². The fraction of sp³-hybridized carbons (Fsp3) is 0.471. The molecule has 1 heterocycles. The van der Waals surface area contributed by atoms with Crippen LogP contribution < -0.4 is 21.5 Å². The minimum atomic E-state index is -0.630. The number of urea groups is 1. The van der Waals surface area contributed by atoms with Crippen LogP contribution in [0.1, 0.15) is 25.7 Å². The Labute approximate surface area is 154 Å². The van der Waals surface area contributed by atoms with Crippen LogP contribution >= 0.6 is 15.9 Å². The number of carbonyl (C=O) groups excluding carboxylic acids is 3. The van der Waals surface area contributed by atoms with Gasteiger partial charge >= 0.3 is 6.03 Å². The highest BCUT2D eigenvalue weighted by molar-refractivity contribution is 9.10. The van der Waals surface area contributed by atoms with Gasteiger partial charge in [-0.1, -0.05) is 15.9 Å². The number of Topliss-reactive ketones (excluding diaryl/α,β-unsaturated/α-hetero) is 1. The first kappa shape index (κ1) is 17.9. The molecule has 1 aliphatic carbocycles. The molecule has 1 saturated carbocycles. The van der Waals surface area contributed by atoms with Crippen molar-refractivity contribution < 1.29 is 14.4 Å². The van der Waals surface area contributed by atoms with E-state index in [2.05, 4.69) is 37.4 Å². The molecule has 0 radical (unpaired) electrons. The quantitative estimate of drug-likeness (QED) is 0.559. The first-order valence-electron chi connectivity index (χ1n) is 8.35. The Morgan fingerprint density at radius 1 is 1.16 bits per heavy atom. The summed E-state index contributed by atoms with van der Waals surface area (Å²) in [5, 5.41) is 5.79. The summed E-state index contributed by atoms with van der Waals surface area (Å²) in [7, 11) is 0. The Hall–Kier alpha value is -1.93. The van der Waals surface area contributed by atoms with Crippen molar-refractivity contribution >= 4 is 39.3 Å². The van der Waals surface area contributed by atoms with Crippen LogP contribution in [0.15, 0.2) is 28.7 Å². The Morgan fingerprint density at radius 2 is 1.88 bits per heavy atom. The number of hydrogen-bond acceptors (Lipinski definition) is 4. The zero-order chi connectivity index (χ0) is 17.9. The topological polar surface area (TPSA) is 99.3 Å². The first-order chi connectivity index (χ1) is 12.0. The maximum atomic E-state index is 12.5. The predicted octanol–water partition coefficient (Wildman–Crippen LogP) is 1.95. The number of carbonyl (C=O) groups is 3. The number of benzene rings is 1. The molecule has 3 rings (SSSR count). The SMILES string of the molecule is O=C(C[C@]1(C(=O)C2CC2)CCNC1)NNC(=O)Nc1ccc(Br)cc1. The van der Waals surface area contributed by atoms with Gasteiger partial charge < -0.3 is 10.6 Å². The molecule has 134 valence electrons. The van der Waals surface area contributed by atoms with Crippen LogP contribution in [0.4, 0.5) is 10.5 Å². The third-order valence-corrected chi connectivity index (χ3v) is 5.16. The van der Waals surface area contributed by atoms with Gasteiger partial charge in [0.2, 0.25) is 5.91 Å². The Kier molecular flexibility index (Phi) is 5.39. The number of rotatable bonds is 5. The van der Waals surface area contributed by atoms with Crippen molar-refractivity contribution in [1.29, 1.82) is 0 Å². The molecular weight excluding hydrogens is 388 g/mol. The Morgan fingerprint density at radius 3 is 2.48 bits per heavy atom. The third-order valence-electron chi connectivity index (χ3n) is 4.63. The van der Waals surface area contributed by atoms with Crippen LogP contribution in [-0.2, 0) is 9.59 Å². The maximum Gasteiger partial charge on any atom is 0.337 e. The van der Waals surface area contributed by atoms with Crippen LogP contribution in [0.5, 0.6) is 0 Å². The molecule has 1 aliphatic heterocycles. The van der Waals surface area contributed by atoms with E-state index >= 15 is 0 Å². The van der Waals surface area contributed by atoms with Gasteiger partial charge in [-0.2, -0.15) is 0 Å². The third kappa shape index (κ3) is 4.58. The summed E-state index contributed by atoms with van der Waals surface area (Å²) in [5.41, 5.74) is 4.69. The highest BCUT2D eigenvalue weighted by atomic mass is 79.9. The summed E-state index contributed by atoms with van der Waals surface area (Å²) < 4.78 is 0.905. The van der Waals surface area contributed by atoms with Crippen molar-refractivity contribution in [3.05, 3.63) is 28.7 Å². The number of ketones is 1. The van der Waals surface area contributed by atoms with Gasteiger partial charge in [0, 0.05) is 29.0 Å². The number of amides is 3. The second kappa shape index (κ2) is 7.53. The minimum absolute atomic E-state index is 0.0912. The van der Waals surface area contributed by atoms with Gasteiger partial charge in [0.05, 0.1) is 5.41 Å². The molecule has 1 aromatic rings. The van der Waals surface area contributed by atoms with Crippen molar-refractivity contribution in [1.82, 2.24) is 16.2 Å². The summed E-state index contributed by atoms with van der Waals surface area (Å²) in [5.74, 6) is -0.0583. The summed E-state index contributed by atoms with van der Waals surface area (Å²) in [6.45, 7) is 1.27. The van der Waals surface area contributed by atoms with Gasteiger partial charge in [-0.15, -0.1) is 0 Å². The molecule has 2 aliphatic rings. The van der Waals surface area contributed by atoms with E-state index in [0.717, 1.165) is 23.9 Å². The largest absolute Gasteiger partial charge is 0.337 e. The molecule has 2 fully saturated rings. The predicted molar refractivity (Wildman–Crippen MR) is 96.7 cm³/mol. The minimum Gasteiger partial charge on any atom is -0.316 e. The van der Waals surface area contributed by atoms with E-state index in [-0.39, 0.29) is 24.0 Å². The van der Waals surface area contributed by atoms with Crippen LogP contribution in [-0.4, -0.2) is 30.8 Å². The van der Waals surface area contributed by atoms with Crippen LogP contribution in [0, 0.1) is 11.3 Å². The number of nitrogens with one attached hydrogen (secondary N) is 4. The molecule has 0 bridgehead atoms. The second-order valence-corrected chi connectivity index (χ2v) is 7.57. The van der Waals surface area contributed by atoms with Crippen molar-refractivity contribution in [2.24, 2.45) is 11.3 Å². The van der Waals surface area contributed by atoms with Gasteiger partial charge in [0.1, 0.15) is 5.78 Å². The first-order valence-corrected chi connectivity index (χ1v) is 9.14. The maximum absolute atomic E-state index is 12.5. The van der Waals surface area contributed by atoms with Crippen molar-refractivity contribution in [3.63, 3.8) is 0 Å².